The largest absolute Gasteiger partial charge is 0.496 e. The van der Waals surface area contributed by atoms with E-state index in [2.05, 4.69) is 27.5 Å². The summed E-state index contributed by atoms with van der Waals surface area (Å²) in [5, 5.41) is 7.78. The molecule has 0 spiro atoms. The molecule has 0 saturated heterocycles. The van der Waals surface area contributed by atoms with Crippen LogP contribution in [-0.4, -0.2) is 37.7 Å². The predicted octanol–water partition coefficient (Wildman–Crippen LogP) is 4.69. The van der Waals surface area contributed by atoms with Crippen molar-refractivity contribution in [1.82, 2.24) is 15.6 Å². The van der Waals surface area contributed by atoms with Crippen LogP contribution in [0.3, 0.4) is 0 Å². The molecule has 0 aliphatic rings. The highest BCUT2D eigenvalue weighted by molar-refractivity contribution is 14.0. The Labute approximate surface area is 190 Å². The average molecular weight is 542 g/mol. The van der Waals surface area contributed by atoms with Gasteiger partial charge in [0.1, 0.15) is 5.75 Å². The second-order valence-corrected chi connectivity index (χ2v) is 7.11. The van der Waals surface area contributed by atoms with Crippen LogP contribution < -0.4 is 15.4 Å². The Morgan fingerprint density at radius 3 is 2.62 bits per heavy atom. The Kier molecular flexibility index (Phi) is 10.7. The van der Waals surface area contributed by atoms with E-state index in [0.29, 0.717) is 37.0 Å². The van der Waals surface area contributed by atoms with Crippen LogP contribution in [0.4, 0.5) is 13.2 Å². The molecule has 0 radical (unpaired) electrons. The third-order valence-electron chi connectivity index (χ3n) is 4.01. The van der Waals surface area contributed by atoms with E-state index in [4.69, 9.17) is 4.74 Å². The molecule has 1 aromatic heterocycles. The summed E-state index contributed by atoms with van der Waals surface area (Å²) in [5.74, 6) is 1.60. The molecule has 1 aromatic carbocycles. The minimum atomic E-state index is -4.40. The first kappa shape index (κ1) is 25.5. The summed E-state index contributed by atoms with van der Waals surface area (Å²) in [4.78, 5) is 8.22. The van der Waals surface area contributed by atoms with Crippen LogP contribution in [0.15, 0.2) is 34.6 Å². The van der Waals surface area contributed by atoms with Gasteiger partial charge in [0.05, 0.1) is 12.1 Å². The lowest BCUT2D eigenvalue weighted by Gasteiger charge is -2.15. The number of ether oxygens (including phenoxy) is 1. The Balaban J connectivity index is 0.00000420. The highest BCUT2D eigenvalue weighted by atomic mass is 127. The highest BCUT2D eigenvalue weighted by Crippen LogP contribution is 2.30. The first-order chi connectivity index (χ1) is 13.3. The van der Waals surface area contributed by atoms with E-state index < -0.39 is 11.9 Å². The molecule has 2 aromatic rings. The number of para-hydroxylation sites is 1. The minimum absolute atomic E-state index is 0. The molecule has 1 unspecified atom stereocenters. The topological polar surface area (TPSA) is 58.5 Å². The molecule has 0 amide bonds. The van der Waals surface area contributed by atoms with Gasteiger partial charge in [-0.2, -0.15) is 13.2 Å². The first-order valence-electron chi connectivity index (χ1n) is 9.01. The zero-order valence-corrected chi connectivity index (χ0v) is 19.7. The summed E-state index contributed by atoms with van der Waals surface area (Å²) in [7, 11) is 1.64. The van der Waals surface area contributed by atoms with Crippen molar-refractivity contribution in [2.24, 2.45) is 4.99 Å². The quantitative estimate of drug-likeness (QED) is 0.289. The number of nitrogens with one attached hydrogen (secondary N) is 2. The molecule has 0 saturated carbocycles. The Bertz CT molecular complexity index is 783. The van der Waals surface area contributed by atoms with Gasteiger partial charge in [-0.05, 0) is 18.6 Å². The number of thiazole rings is 1. The lowest BCUT2D eigenvalue weighted by molar-refractivity contribution is -0.140. The molecule has 1 atom stereocenters. The zero-order chi connectivity index (χ0) is 20.6. The molecule has 0 bridgehead atoms. The Hall–Kier alpha value is -1.56. The van der Waals surface area contributed by atoms with Crippen molar-refractivity contribution in [3.8, 4) is 5.75 Å². The van der Waals surface area contributed by atoms with Crippen LogP contribution >= 0.6 is 35.3 Å². The molecular formula is C19H26F3IN4OS. The maximum Gasteiger partial charge on any atom is 0.434 e. The van der Waals surface area contributed by atoms with Crippen molar-refractivity contribution < 1.29 is 17.9 Å². The summed E-state index contributed by atoms with van der Waals surface area (Å²) in [6.07, 6.45) is -4.00. The smallest absolute Gasteiger partial charge is 0.434 e. The number of guanidine groups is 1. The molecule has 10 heteroatoms. The molecule has 29 heavy (non-hydrogen) atoms. The summed E-state index contributed by atoms with van der Waals surface area (Å²) < 4.78 is 43.2. The molecule has 2 N–H and O–H groups in total. The SMILES string of the molecule is CCNC(=NCC(C)c1ccccc1OC)NCCc1nc(C(F)(F)F)cs1.I. The molecule has 0 fully saturated rings. The van der Waals surface area contributed by atoms with E-state index in [9.17, 15) is 13.2 Å². The number of benzene rings is 1. The Morgan fingerprint density at radius 2 is 2.00 bits per heavy atom. The van der Waals surface area contributed by atoms with Crippen LogP contribution in [0.2, 0.25) is 0 Å². The molecule has 1 heterocycles. The van der Waals surface area contributed by atoms with Crippen LogP contribution in [-0.2, 0) is 12.6 Å². The van der Waals surface area contributed by atoms with Crippen molar-refractivity contribution in [3.05, 3.63) is 45.9 Å². The van der Waals surface area contributed by atoms with Crippen molar-refractivity contribution >= 4 is 41.3 Å². The maximum atomic E-state index is 12.6. The third-order valence-corrected chi connectivity index (χ3v) is 4.92. The second-order valence-electron chi connectivity index (χ2n) is 6.16. The van der Waals surface area contributed by atoms with Gasteiger partial charge in [-0.1, -0.05) is 25.1 Å². The first-order valence-corrected chi connectivity index (χ1v) is 9.89. The maximum absolute atomic E-state index is 12.6. The summed E-state index contributed by atoms with van der Waals surface area (Å²) in [5.41, 5.74) is 0.241. The van der Waals surface area contributed by atoms with Gasteiger partial charge in [0, 0.05) is 37.4 Å². The number of methoxy groups -OCH3 is 1. The second kappa shape index (κ2) is 12.2. The molecule has 0 aliphatic carbocycles. The fourth-order valence-corrected chi connectivity index (χ4v) is 3.39. The monoisotopic (exact) mass is 542 g/mol. The number of aliphatic imine (C=N–C) groups is 1. The number of alkyl halides is 3. The Morgan fingerprint density at radius 1 is 1.28 bits per heavy atom. The number of nitrogens with zero attached hydrogens (tertiary/aromatic N) is 2. The lowest BCUT2D eigenvalue weighted by atomic mass is 10.0. The normalized spacial score (nSPS) is 12.8. The number of aromatic nitrogens is 1. The molecular weight excluding hydrogens is 516 g/mol. The van der Waals surface area contributed by atoms with Gasteiger partial charge in [0.2, 0.25) is 0 Å². The van der Waals surface area contributed by atoms with E-state index >= 15 is 0 Å². The van der Waals surface area contributed by atoms with Crippen molar-refractivity contribution in [2.45, 2.75) is 32.4 Å². The van der Waals surface area contributed by atoms with Crippen molar-refractivity contribution in [3.63, 3.8) is 0 Å². The summed E-state index contributed by atoms with van der Waals surface area (Å²) >= 11 is 1.02. The molecule has 162 valence electrons. The lowest BCUT2D eigenvalue weighted by Crippen LogP contribution is -2.38. The van der Waals surface area contributed by atoms with Gasteiger partial charge in [0.25, 0.3) is 0 Å². The van der Waals surface area contributed by atoms with Crippen LogP contribution in [0.1, 0.15) is 36.0 Å². The van der Waals surface area contributed by atoms with E-state index in [-0.39, 0.29) is 29.9 Å². The summed E-state index contributed by atoms with van der Waals surface area (Å²) in [6, 6.07) is 7.82. The van der Waals surface area contributed by atoms with E-state index in [0.717, 1.165) is 28.0 Å². The zero-order valence-electron chi connectivity index (χ0n) is 16.5. The number of hydrogen-bond acceptors (Lipinski definition) is 4. The van der Waals surface area contributed by atoms with Crippen molar-refractivity contribution in [2.75, 3.05) is 26.7 Å². The van der Waals surface area contributed by atoms with Gasteiger partial charge in [-0.3, -0.25) is 4.99 Å². The van der Waals surface area contributed by atoms with Gasteiger partial charge in [0.15, 0.2) is 11.7 Å². The number of halogens is 4. The van der Waals surface area contributed by atoms with Gasteiger partial charge >= 0.3 is 6.18 Å². The van der Waals surface area contributed by atoms with Gasteiger partial charge < -0.3 is 15.4 Å². The average Bonchev–Trinajstić information content (AvgIpc) is 3.15. The fourth-order valence-electron chi connectivity index (χ4n) is 2.59. The van der Waals surface area contributed by atoms with Gasteiger partial charge in [-0.25, -0.2) is 4.98 Å². The molecule has 0 aliphatic heterocycles. The number of rotatable bonds is 8. The minimum Gasteiger partial charge on any atom is -0.496 e. The van der Waals surface area contributed by atoms with Crippen LogP contribution in [0, 0.1) is 0 Å². The van der Waals surface area contributed by atoms with Crippen LogP contribution in [0.25, 0.3) is 0 Å². The fraction of sp³-hybridized carbons (Fsp3) is 0.474. The van der Waals surface area contributed by atoms with Crippen molar-refractivity contribution in [1.29, 1.82) is 0 Å². The third kappa shape index (κ3) is 8.00. The van der Waals surface area contributed by atoms with E-state index in [1.54, 1.807) is 7.11 Å². The standard InChI is InChI=1S/C19H25F3N4OS.HI/c1-4-23-18(24-10-9-17-26-16(12-28-17)19(20,21)22)25-11-13(2)14-7-5-6-8-15(14)27-3;/h5-8,12-13H,4,9-11H2,1-3H3,(H2,23,24,25);1H. The molecule has 5 nitrogen and oxygen atoms in total. The van der Waals surface area contributed by atoms with Gasteiger partial charge in [-0.15, -0.1) is 35.3 Å². The predicted molar refractivity (Wildman–Crippen MR) is 122 cm³/mol. The van der Waals surface area contributed by atoms with Crippen LogP contribution in [0.5, 0.6) is 5.75 Å². The summed E-state index contributed by atoms with van der Waals surface area (Å²) in [6.45, 7) is 5.70. The highest BCUT2D eigenvalue weighted by Gasteiger charge is 2.33. The number of hydrogen-bond donors (Lipinski definition) is 2. The van der Waals surface area contributed by atoms with E-state index in [1.807, 2.05) is 31.2 Å². The van der Waals surface area contributed by atoms with E-state index in [1.165, 1.54) is 0 Å². The molecule has 2 rings (SSSR count).